The minimum absolute atomic E-state index is 0.239. The maximum absolute atomic E-state index is 12.7. The van der Waals surface area contributed by atoms with E-state index >= 15 is 0 Å². The number of halogens is 4. The Kier molecular flexibility index (Phi) is 4.15. The van der Waals surface area contributed by atoms with Crippen LogP contribution in [0.2, 0.25) is 5.28 Å². The average Bonchev–Trinajstić information content (AvgIpc) is 2.37. The molecule has 0 aromatic carbocycles. The molecular weight excluding hydrogens is 281 g/mol. The third-order valence-corrected chi connectivity index (χ3v) is 3.29. The monoisotopic (exact) mass is 294 g/mol. The van der Waals surface area contributed by atoms with E-state index in [1.165, 1.54) is 0 Å². The van der Waals surface area contributed by atoms with Gasteiger partial charge in [0.25, 0.3) is 0 Å². The van der Waals surface area contributed by atoms with Gasteiger partial charge in [-0.3, -0.25) is 0 Å². The Morgan fingerprint density at radius 3 is 2.37 bits per heavy atom. The fourth-order valence-electron chi connectivity index (χ4n) is 2.01. The maximum Gasteiger partial charge on any atom is 0.433 e. The number of hydrogen-bond acceptors (Lipinski definition) is 4. The lowest BCUT2D eigenvalue weighted by molar-refractivity contribution is -0.141. The van der Waals surface area contributed by atoms with Crippen LogP contribution in [0.3, 0.4) is 0 Å². The Hall–Kier alpha value is -1.08. The van der Waals surface area contributed by atoms with Crippen molar-refractivity contribution in [3.63, 3.8) is 0 Å². The van der Waals surface area contributed by atoms with Crippen molar-refractivity contribution in [2.75, 3.05) is 37.6 Å². The lowest BCUT2D eigenvalue weighted by Gasteiger charge is -2.34. The molecule has 1 fully saturated rings. The zero-order valence-corrected chi connectivity index (χ0v) is 11.2. The topological polar surface area (TPSA) is 32.3 Å². The Labute approximate surface area is 114 Å². The molecule has 0 aliphatic carbocycles. The van der Waals surface area contributed by atoms with Crippen molar-refractivity contribution in [2.24, 2.45) is 0 Å². The van der Waals surface area contributed by atoms with Gasteiger partial charge in [0, 0.05) is 32.2 Å². The molecule has 1 aromatic heterocycles. The Balaban J connectivity index is 2.19. The van der Waals surface area contributed by atoms with E-state index in [0.29, 0.717) is 13.1 Å². The fourth-order valence-corrected chi connectivity index (χ4v) is 2.18. The summed E-state index contributed by atoms with van der Waals surface area (Å²) in [7, 11) is 0. The van der Waals surface area contributed by atoms with Gasteiger partial charge in [0.2, 0.25) is 5.28 Å². The Morgan fingerprint density at radius 2 is 1.84 bits per heavy atom. The van der Waals surface area contributed by atoms with Crippen LogP contribution in [-0.2, 0) is 6.18 Å². The molecule has 19 heavy (non-hydrogen) atoms. The highest BCUT2D eigenvalue weighted by Crippen LogP contribution is 2.30. The number of rotatable bonds is 2. The maximum atomic E-state index is 12.7. The zero-order valence-electron chi connectivity index (χ0n) is 10.4. The fraction of sp³-hybridized carbons (Fsp3) is 0.636. The van der Waals surface area contributed by atoms with Crippen molar-refractivity contribution in [3.05, 3.63) is 17.0 Å². The van der Waals surface area contributed by atoms with Gasteiger partial charge in [0.15, 0.2) is 5.69 Å². The molecule has 0 bridgehead atoms. The van der Waals surface area contributed by atoms with Gasteiger partial charge in [-0.1, -0.05) is 6.92 Å². The van der Waals surface area contributed by atoms with E-state index in [1.54, 1.807) is 4.90 Å². The largest absolute Gasteiger partial charge is 0.433 e. The Bertz CT molecular complexity index is 444. The third kappa shape index (κ3) is 3.48. The first-order valence-electron chi connectivity index (χ1n) is 5.99. The number of anilines is 1. The molecule has 2 rings (SSSR count). The van der Waals surface area contributed by atoms with Crippen LogP contribution < -0.4 is 4.90 Å². The molecule has 0 N–H and O–H groups in total. The van der Waals surface area contributed by atoms with E-state index in [1.807, 2.05) is 0 Å². The standard InChI is InChI=1S/C11H14ClF3N4/c1-2-18-3-5-19(6-4-18)9-7-8(11(13,14)15)16-10(12)17-9/h7H,2-6H2,1H3. The predicted molar refractivity (Wildman–Crippen MR) is 66.4 cm³/mol. The van der Waals surface area contributed by atoms with Crippen molar-refractivity contribution < 1.29 is 13.2 Å². The molecule has 0 radical (unpaired) electrons. The molecule has 0 spiro atoms. The molecule has 0 atom stereocenters. The SMILES string of the molecule is CCN1CCN(c2cc(C(F)(F)F)nc(Cl)n2)CC1. The molecule has 8 heteroatoms. The van der Waals surface area contributed by atoms with Gasteiger partial charge in [0.1, 0.15) is 5.82 Å². The first-order valence-corrected chi connectivity index (χ1v) is 6.37. The predicted octanol–water partition coefficient (Wildman–Crippen LogP) is 2.29. The molecular formula is C11H14ClF3N4. The summed E-state index contributed by atoms with van der Waals surface area (Å²) in [6.45, 7) is 5.88. The summed E-state index contributed by atoms with van der Waals surface area (Å²) < 4.78 is 38.0. The number of alkyl halides is 3. The van der Waals surface area contributed by atoms with Crippen molar-refractivity contribution >= 4 is 17.4 Å². The molecule has 2 heterocycles. The van der Waals surface area contributed by atoms with Crippen LogP contribution in [0.5, 0.6) is 0 Å². The number of hydrogen-bond donors (Lipinski definition) is 0. The molecule has 1 aromatic rings. The van der Waals surface area contributed by atoms with Crippen LogP contribution in [0.15, 0.2) is 6.07 Å². The second-order valence-corrected chi connectivity index (χ2v) is 4.64. The van der Waals surface area contributed by atoms with E-state index < -0.39 is 11.9 Å². The first-order chi connectivity index (χ1) is 8.90. The quantitative estimate of drug-likeness (QED) is 0.784. The minimum Gasteiger partial charge on any atom is -0.354 e. The second kappa shape index (κ2) is 5.50. The lowest BCUT2D eigenvalue weighted by atomic mass is 10.3. The van der Waals surface area contributed by atoms with Gasteiger partial charge in [-0.2, -0.15) is 13.2 Å². The van der Waals surface area contributed by atoms with Crippen molar-refractivity contribution in [1.82, 2.24) is 14.9 Å². The molecule has 1 saturated heterocycles. The molecule has 4 nitrogen and oxygen atoms in total. The highest BCUT2D eigenvalue weighted by Gasteiger charge is 2.34. The molecule has 106 valence electrons. The van der Waals surface area contributed by atoms with Crippen LogP contribution in [0.4, 0.5) is 19.0 Å². The highest BCUT2D eigenvalue weighted by atomic mass is 35.5. The number of aromatic nitrogens is 2. The van der Waals surface area contributed by atoms with Crippen molar-refractivity contribution in [3.8, 4) is 0 Å². The van der Waals surface area contributed by atoms with Gasteiger partial charge >= 0.3 is 6.18 Å². The third-order valence-electron chi connectivity index (χ3n) is 3.12. The molecule has 0 unspecified atom stereocenters. The lowest BCUT2D eigenvalue weighted by Crippen LogP contribution is -2.46. The smallest absolute Gasteiger partial charge is 0.354 e. The minimum atomic E-state index is -4.51. The summed E-state index contributed by atoms with van der Waals surface area (Å²) in [5, 5.41) is -0.372. The van der Waals surface area contributed by atoms with Gasteiger partial charge in [-0.25, -0.2) is 9.97 Å². The van der Waals surface area contributed by atoms with E-state index in [0.717, 1.165) is 25.7 Å². The van der Waals surface area contributed by atoms with Crippen molar-refractivity contribution in [2.45, 2.75) is 13.1 Å². The normalized spacial score (nSPS) is 17.8. The van der Waals surface area contributed by atoms with Crippen molar-refractivity contribution in [1.29, 1.82) is 0 Å². The van der Waals surface area contributed by atoms with E-state index in [-0.39, 0.29) is 11.1 Å². The van der Waals surface area contributed by atoms with Gasteiger partial charge < -0.3 is 9.80 Å². The van der Waals surface area contributed by atoms with E-state index in [2.05, 4.69) is 21.8 Å². The molecule has 1 aliphatic heterocycles. The van der Waals surface area contributed by atoms with E-state index in [4.69, 9.17) is 11.6 Å². The van der Waals surface area contributed by atoms with Crippen LogP contribution in [-0.4, -0.2) is 47.6 Å². The van der Waals surface area contributed by atoms with Crippen LogP contribution >= 0.6 is 11.6 Å². The zero-order chi connectivity index (χ0) is 14.0. The number of piperazine rings is 1. The Morgan fingerprint density at radius 1 is 1.21 bits per heavy atom. The van der Waals surface area contributed by atoms with Crippen LogP contribution in [0.1, 0.15) is 12.6 Å². The van der Waals surface area contributed by atoms with Crippen LogP contribution in [0, 0.1) is 0 Å². The highest BCUT2D eigenvalue weighted by molar-refractivity contribution is 6.28. The summed E-state index contributed by atoms with van der Waals surface area (Å²) >= 11 is 5.57. The van der Waals surface area contributed by atoms with Gasteiger partial charge in [-0.05, 0) is 18.1 Å². The molecule has 0 saturated carbocycles. The summed E-state index contributed by atoms with van der Waals surface area (Å²) in [5.41, 5.74) is -1.000. The summed E-state index contributed by atoms with van der Waals surface area (Å²) in [6, 6.07) is 0.952. The second-order valence-electron chi connectivity index (χ2n) is 4.30. The first kappa shape index (κ1) is 14.3. The molecule has 0 amide bonds. The number of nitrogens with zero attached hydrogens (tertiary/aromatic N) is 4. The number of likely N-dealkylation sites (N-methyl/N-ethyl adjacent to an activating group) is 1. The van der Waals surface area contributed by atoms with Crippen LogP contribution in [0.25, 0.3) is 0 Å². The summed E-state index contributed by atoms with van der Waals surface area (Å²) in [6.07, 6.45) is -4.51. The average molecular weight is 295 g/mol. The summed E-state index contributed by atoms with van der Waals surface area (Å²) in [4.78, 5) is 11.1. The summed E-state index contributed by atoms with van der Waals surface area (Å²) in [5.74, 6) is 0.239. The van der Waals surface area contributed by atoms with Gasteiger partial charge in [-0.15, -0.1) is 0 Å². The molecule has 1 aliphatic rings. The van der Waals surface area contributed by atoms with E-state index in [9.17, 15) is 13.2 Å². The van der Waals surface area contributed by atoms with Gasteiger partial charge in [0.05, 0.1) is 0 Å².